The second-order valence-electron chi connectivity index (χ2n) is 8.51. The Labute approximate surface area is 178 Å². The molecule has 5 nitrogen and oxygen atoms in total. The van der Waals surface area contributed by atoms with Crippen LogP contribution in [0.2, 0.25) is 0 Å². The average Bonchev–Trinajstić information content (AvgIpc) is 3.48. The third-order valence-electron chi connectivity index (χ3n) is 6.23. The fourth-order valence-electron chi connectivity index (χ4n) is 4.37. The lowest BCUT2D eigenvalue weighted by atomic mass is 10.0. The van der Waals surface area contributed by atoms with Crippen molar-refractivity contribution in [2.24, 2.45) is 5.92 Å². The first kappa shape index (κ1) is 20.6. The molecule has 30 heavy (non-hydrogen) atoms. The van der Waals surface area contributed by atoms with Gasteiger partial charge in [0.25, 0.3) is 0 Å². The zero-order chi connectivity index (χ0) is 20.8. The Hall–Kier alpha value is -2.66. The molecule has 0 unspecified atom stereocenters. The van der Waals surface area contributed by atoms with Gasteiger partial charge in [0, 0.05) is 30.3 Å². The summed E-state index contributed by atoms with van der Waals surface area (Å²) in [4.78, 5) is 24.5. The minimum atomic E-state index is 0.0359. The Morgan fingerprint density at radius 2 is 1.50 bits per heavy atom. The van der Waals surface area contributed by atoms with Crippen molar-refractivity contribution >= 4 is 23.1 Å². The predicted molar refractivity (Wildman–Crippen MR) is 121 cm³/mol. The van der Waals surface area contributed by atoms with Gasteiger partial charge in [-0.15, -0.1) is 0 Å². The van der Waals surface area contributed by atoms with Gasteiger partial charge in [-0.1, -0.05) is 37.1 Å². The molecule has 4 rings (SSSR count). The Kier molecular flexibility index (Phi) is 6.80. The van der Waals surface area contributed by atoms with E-state index >= 15 is 0 Å². The van der Waals surface area contributed by atoms with Crippen molar-refractivity contribution in [3.63, 3.8) is 0 Å². The maximum atomic E-state index is 12.3. The van der Waals surface area contributed by atoms with Crippen LogP contribution in [0.25, 0.3) is 0 Å². The summed E-state index contributed by atoms with van der Waals surface area (Å²) in [5.74, 6) is 0.619. The highest BCUT2D eigenvalue weighted by molar-refractivity contribution is 5.92. The molecule has 3 N–H and O–H groups in total. The van der Waals surface area contributed by atoms with Gasteiger partial charge in [-0.05, 0) is 67.6 Å². The van der Waals surface area contributed by atoms with Crippen molar-refractivity contribution in [2.45, 2.75) is 57.5 Å². The first-order valence-electron chi connectivity index (χ1n) is 11.2. The first-order valence-corrected chi connectivity index (χ1v) is 11.2. The quantitative estimate of drug-likeness (QED) is 0.613. The van der Waals surface area contributed by atoms with Crippen LogP contribution in [-0.4, -0.2) is 24.3 Å². The maximum Gasteiger partial charge on any atom is 0.227 e. The summed E-state index contributed by atoms with van der Waals surface area (Å²) < 4.78 is 0. The molecular weight excluding hydrogens is 374 g/mol. The van der Waals surface area contributed by atoms with Gasteiger partial charge < -0.3 is 16.0 Å². The van der Waals surface area contributed by atoms with Gasteiger partial charge in [0.2, 0.25) is 5.91 Å². The van der Waals surface area contributed by atoms with Crippen molar-refractivity contribution in [2.75, 3.05) is 17.2 Å². The van der Waals surface area contributed by atoms with Crippen molar-refractivity contribution in [1.29, 1.82) is 0 Å². The van der Waals surface area contributed by atoms with E-state index in [1.165, 1.54) is 0 Å². The standard InChI is InChI=1S/C25H31N3O2/c29-24(23-6-3-15-26-23)16-18-7-11-21(12-8-18)27-17-19-9-13-22(14-10-19)28-25(30)20-4-1-2-5-20/h7-14,20,23,26-27H,1-6,15-17H2,(H,28,30)/t23-/m0/s1. The molecule has 1 aliphatic heterocycles. The normalized spacial score (nSPS) is 19.0. The van der Waals surface area contributed by atoms with Crippen LogP contribution in [0.15, 0.2) is 48.5 Å². The third-order valence-corrected chi connectivity index (χ3v) is 6.23. The Bertz CT molecular complexity index is 775. The van der Waals surface area contributed by atoms with Crippen LogP contribution < -0.4 is 16.0 Å². The molecule has 0 bridgehead atoms. The van der Waals surface area contributed by atoms with Crippen LogP contribution >= 0.6 is 0 Å². The fourth-order valence-corrected chi connectivity index (χ4v) is 4.37. The molecule has 2 aliphatic rings. The molecule has 1 aliphatic carbocycles. The van der Waals surface area contributed by atoms with Gasteiger partial charge in [0.15, 0.2) is 5.78 Å². The Morgan fingerprint density at radius 3 is 2.17 bits per heavy atom. The van der Waals surface area contributed by atoms with Crippen LogP contribution in [-0.2, 0) is 22.6 Å². The van der Waals surface area contributed by atoms with Gasteiger partial charge in [-0.2, -0.15) is 0 Å². The largest absolute Gasteiger partial charge is 0.381 e. The van der Waals surface area contributed by atoms with Crippen LogP contribution in [0.5, 0.6) is 0 Å². The Balaban J connectivity index is 1.24. The van der Waals surface area contributed by atoms with Crippen LogP contribution in [0.1, 0.15) is 49.7 Å². The molecule has 158 valence electrons. The second kappa shape index (κ2) is 9.90. The minimum absolute atomic E-state index is 0.0359. The molecule has 2 aromatic rings. The number of amides is 1. The van der Waals surface area contributed by atoms with Gasteiger partial charge in [-0.25, -0.2) is 0 Å². The number of hydrogen-bond acceptors (Lipinski definition) is 4. The molecule has 1 amide bonds. The van der Waals surface area contributed by atoms with Crippen LogP contribution in [0.3, 0.4) is 0 Å². The van der Waals surface area contributed by atoms with Crippen molar-refractivity contribution < 1.29 is 9.59 Å². The number of carbonyl (C=O) groups is 2. The number of ketones is 1. The van der Waals surface area contributed by atoms with Gasteiger partial charge >= 0.3 is 0 Å². The maximum absolute atomic E-state index is 12.3. The number of anilines is 2. The molecule has 1 saturated heterocycles. The van der Waals surface area contributed by atoms with E-state index in [0.29, 0.717) is 13.0 Å². The first-order chi connectivity index (χ1) is 14.7. The highest BCUT2D eigenvalue weighted by Gasteiger charge is 2.23. The van der Waals surface area contributed by atoms with E-state index in [1.54, 1.807) is 0 Å². The molecular formula is C25H31N3O2. The molecule has 0 aromatic heterocycles. The number of benzene rings is 2. The zero-order valence-corrected chi connectivity index (χ0v) is 17.5. The second-order valence-corrected chi connectivity index (χ2v) is 8.51. The fraction of sp³-hybridized carbons (Fsp3) is 0.440. The van der Waals surface area contributed by atoms with E-state index in [2.05, 4.69) is 16.0 Å². The predicted octanol–water partition coefficient (Wildman–Crippen LogP) is 4.29. The van der Waals surface area contributed by atoms with Crippen LogP contribution in [0.4, 0.5) is 11.4 Å². The summed E-state index contributed by atoms with van der Waals surface area (Å²) >= 11 is 0. The lowest BCUT2D eigenvalue weighted by molar-refractivity contribution is -0.120. The van der Waals surface area contributed by atoms with Gasteiger partial charge in [0.1, 0.15) is 0 Å². The van der Waals surface area contributed by atoms with E-state index in [-0.39, 0.29) is 23.7 Å². The summed E-state index contributed by atoms with van der Waals surface area (Å²) in [6.45, 7) is 1.66. The van der Waals surface area contributed by atoms with Crippen molar-refractivity contribution in [3.8, 4) is 0 Å². The number of rotatable bonds is 8. The topological polar surface area (TPSA) is 70.2 Å². The summed E-state index contributed by atoms with van der Waals surface area (Å²) in [7, 11) is 0. The highest BCUT2D eigenvalue weighted by atomic mass is 16.2. The van der Waals surface area contributed by atoms with Gasteiger partial charge in [-0.3, -0.25) is 9.59 Å². The van der Waals surface area contributed by atoms with E-state index in [0.717, 1.165) is 67.6 Å². The molecule has 2 fully saturated rings. The summed E-state index contributed by atoms with van der Waals surface area (Å²) in [5.41, 5.74) is 4.10. The molecule has 5 heteroatoms. The number of carbonyl (C=O) groups excluding carboxylic acids is 2. The van der Waals surface area contributed by atoms with Gasteiger partial charge in [0.05, 0.1) is 6.04 Å². The molecule has 1 atom stereocenters. The monoisotopic (exact) mass is 405 g/mol. The van der Waals surface area contributed by atoms with E-state index in [4.69, 9.17) is 0 Å². The molecule has 0 spiro atoms. The molecule has 1 heterocycles. The van der Waals surface area contributed by atoms with Crippen LogP contribution in [0, 0.1) is 5.92 Å². The van der Waals surface area contributed by atoms with E-state index < -0.39 is 0 Å². The number of Topliss-reactive ketones (excluding diaryl/α,β-unsaturated/α-hetero) is 1. The smallest absolute Gasteiger partial charge is 0.227 e. The number of hydrogen-bond donors (Lipinski definition) is 3. The van der Waals surface area contributed by atoms with Crippen molar-refractivity contribution in [1.82, 2.24) is 5.32 Å². The zero-order valence-electron chi connectivity index (χ0n) is 17.5. The Morgan fingerprint density at radius 1 is 0.833 bits per heavy atom. The summed E-state index contributed by atoms with van der Waals surface area (Å²) in [6, 6.07) is 16.2. The lowest BCUT2D eigenvalue weighted by Crippen LogP contribution is -2.31. The van der Waals surface area contributed by atoms with E-state index in [1.807, 2.05) is 48.5 Å². The molecule has 1 saturated carbocycles. The van der Waals surface area contributed by atoms with E-state index in [9.17, 15) is 9.59 Å². The minimum Gasteiger partial charge on any atom is -0.381 e. The highest BCUT2D eigenvalue weighted by Crippen LogP contribution is 2.26. The third kappa shape index (κ3) is 5.48. The molecule has 2 aromatic carbocycles. The average molecular weight is 406 g/mol. The van der Waals surface area contributed by atoms with Crippen molar-refractivity contribution in [3.05, 3.63) is 59.7 Å². The summed E-state index contributed by atoms with van der Waals surface area (Å²) in [5, 5.41) is 9.72. The SMILES string of the molecule is O=C(Nc1ccc(CNc2ccc(CC(=O)[C@@H]3CCCN3)cc2)cc1)C1CCCC1. The number of nitrogens with one attached hydrogen (secondary N) is 3. The lowest BCUT2D eigenvalue weighted by Gasteiger charge is -2.12. The molecule has 0 radical (unpaired) electrons. The summed E-state index contributed by atoms with van der Waals surface area (Å²) in [6.07, 6.45) is 6.90.